The van der Waals surface area contributed by atoms with Gasteiger partial charge in [-0.3, -0.25) is 14.9 Å². The minimum Gasteiger partial charge on any atom is -0.457 e. The molecule has 28 heavy (non-hydrogen) atoms. The van der Waals surface area contributed by atoms with Crippen LogP contribution < -0.4 is 20.7 Å². The van der Waals surface area contributed by atoms with Gasteiger partial charge in [-0.25, -0.2) is 0 Å². The number of thioether (sulfide) groups is 1. The fourth-order valence-corrected chi connectivity index (χ4v) is 4.91. The molecule has 0 spiro atoms. The van der Waals surface area contributed by atoms with Crippen LogP contribution in [0.4, 0.5) is 0 Å². The lowest BCUT2D eigenvalue weighted by atomic mass is 9.95. The number of nitrogens with one attached hydrogen (secondary N) is 3. The number of para-hydroxylation sites is 1. The molecule has 3 N–H and O–H groups in total. The molecule has 3 atom stereocenters. The lowest BCUT2D eigenvalue weighted by molar-refractivity contribution is -0.126. The molecule has 144 valence electrons. The van der Waals surface area contributed by atoms with Crippen LogP contribution in [-0.2, 0) is 9.59 Å². The van der Waals surface area contributed by atoms with Crippen LogP contribution in [0.3, 0.4) is 0 Å². The molecule has 1 fully saturated rings. The Labute approximate surface area is 167 Å². The molecule has 2 aromatic carbocycles. The summed E-state index contributed by atoms with van der Waals surface area (Å²) in [5, 5.41) is 8.93. The van der Waals surface area contributed by atoms with Gasteiger partial charge in [0, 0.05) is 7.05 Å². The van der Waals surface area contributed by atoms with E-state index in [2.05, 4.69) is 16.0 Å². The fraction of sp³-hybridized carbons (Fsp3) is 0.238. The molecule has 7 heteroatoms. The van der Waals surface area contributed by atoms with Crippen molar-refractivity contribution < 1.29 is 14.3 Å². The molecule has 2 amide bonds. The molecule has 0 radical (unpaired) electrons. The third kappa shape index (κ3) is 3.50. The van der Waals surface area contributed by atoms with Crippen molar-refractivity contribution in [3.8, 4) is 11.5 Å². The van der Waals surface area contributed by atoms with Gasteiger partial charge in [0.15, 0.2) is 0 Å². The molecule has 0 aliphatic carbocycles. The number of hydrogen-bond donors (Lipinski definition) is 3. The number of carbonyl (C=O) groups is 2. The van der Waals surface area contributed by atoms with E-state index in [0.29, 0.717) is 10.7 Å². The predicted molar refractivity (Wildman–Crippen MR) is 109 cm³/mol. The highest BCUT2D eigenvalue weighted by atomic mass is 32.2. The highest BCUT2D eigenvalue weighted by molar-refractivity contribution is 8.04. The van der Waals surface area contributed by atoms with Crippen molar-refractivity contribution in [3.05, 3.63) is 70.6 Å². The SMILES string of the molecule is CNC(=O)C1=C(C)C2C(=O)NC(c3cccc(Oc4ccccc4)c3)NC2S1. The molecule has 3 unspecified atom stereocenters. The van der Waals surface area contributed by atoms with Crippen LogP contribution in [0, 0.1) is 5.92 Å². The third-order valence-corrected chi connectivity index (χ3v) is 6.28. The molecule has 1 saturated heterocycles. The minimum atomic E-state index is -0.350. The number of fused-ring (bicyclic) bond motifs is 1. The second-order valence-corrected chi connectivity index (χ2v) is 7.86. The number of likely N-dealkylation sites (N-methyl/N-ethyl adjacent to an activating group) is 1. The van der Waals surface area contributed by atoms with E-state index in [0.717, 1.165) is 16.9 Å². The zero-order valence-corrected chi connectivity index (χ0v) is 16.4. The van der Waals surface area contributed by atoms with Gasteiger partial charge in [0.25, 0.3) is 5.91 Å². The first-order valence-corrected chi connectivity index (χ1v) is 9.93. The maximum Gasteiger partial charge on any atom is 0.257 e. The number of carbonyl (C=O) groups excluding carboxylic acids is 2. The maximum absolute atomic E-state index is 12.7. The van der Waals surface area contributed by atoms with E-state index in [1.807, 2.05) is 61.5 Å². The lowest BCUT2D eigenvalue weighted by Gasteiger charge is -2.34. The minimum absolute atomic E-state index is 0.0768. The summed E-state index contributed by atoms with van der Waals surface area (Å²) in [4.78, 5) is 25.4. The average molecular weight is 395 g/mol. The Kier molecular flexibility index (Phi) is 5.11. The summed E-state index contributed by atoms with van der Waals surface area (Å²) in [5.74, 6) is 0.869. The van der Waals surface area contributed by atoms with Crippen molar-refractivity contribution in [3.63, 3.8) is 0 Å². The van der Waals surface area contributed by atoms with Crippen molar-refractivity contribution in [1.29, 1.82) is 0 Å². The van der Waals surface area contributed by atoms with E-state index in [4.69, 9.17) is 4.74 Å². The van der Waals surface area contributed by atoms with Crippen LogP contribution in [-0.4, -0.2) is 24.2 Å². The Morgan fingerprint density at radius 2 is 1.86 bits per heavy atom. The standard InChI is InChI=1S/C21H21N3O3S/c1-12-16-19(25)23-18(24-21(16)28-17(12)20(26)22-2)13-7-6-10-15(11-13)27-14-8-4-3-5-9-14/h3-11,16,18,21,24H,1-2H3,(H,22,26)(H,23,25). The second-order valence-electron chi connectivity index (χ2n) is 6.70. The molecule has 2 heterocycles. The molecule has 0 saturated carbocycles. The Bertz CT molecular complexity index is 945. The van der Waals surface area contributed by atoms with Crippen LogP contribution in [0.1, 0.15) is 18.7 Å². The second kappa shape index (κ2) is 7.69. The van der Waals surface area contributed by atoms with Gasteiger partial charge in [-0.1, -0.05) is 30.3 Å². The largest absolute Gasteiger partial charge is 0.457 e. The number of amides is 2. The molecule has 0 aromatic heterocycles. The molecule has 6 nitrogen and oxygen atoms in total. The first-order valence-electron chi connectivity index (χ1n) is 9.05. The lowest BCUT2D eigenvalue weighted by Crippen LogP contribution is -2.54. The van der Waals surface area contributed by atoms with Gasteiger partial charge in [-0.15, -0.1) is 11.8 Å². The Morgan fingerprint density at radius 3 is 2.61 bits per heavy atom. The molecule has 0 bridgehead atoms. The molecule has 2 aliphatic heterocycles. The van der Waals surface area contributed by atoms with Crippen molar-refractivity contribution in [2.75, 3.05) is 7.05 Å². The molecule has 2 aliphatic rings. The van der Waals surface area contributed by atoms with Crippen molar-refractivity contribution in [2.24, 2.45) is 5.92 Å². The van der Waals surface area contributed by atoms with Gasteiger partial charge in [-0.2, -0.15) is 0 Å². The monoisotopic (exact) mass is 395 g/mol. The van der Waals surface area contributed by atoms with Crippen LogP contribution in [0.25, 0.3) is 0 Å². The topological polar surface area (TPSA) is 79.5 Å². The highest BCUT2D eigenvalue weighted by Gasteiger charge is 2.45. The van der Waals surface area contributed by atoms with Gasteiger partial charge in [0.05, 0.1) is 16.2 Å². The van der Waals surface area contributed by atoms with Gasteiger partial charge in [0.2, 0.25) is 5.91 Å². The summed E-state index contributed by atoms with van der Waals surface area (Å²) in [6, 6.07) is 17.2. The average Bonchev–Trinajstić information content (AvgIpc) is 3.05. The molecule has 2 aromatic rings. The smallest absolute Gasteiger partial charge is 0.257 e. The van der Waals surface area contributed by atoms with E-state index in [-0.39, 0.29) is 29.3 Å². The predicted octanol–water partition coefficient (Wildman–Crippen LogP) is 2.91. The van der Waals surface area contributed by atoms with E-state index < -0.39 is 0 Å². The third-order valence-electron chi connectivity index (χ3n) is 4.88. The molecule has 4 rings (SSSR count). The Morgan fingerprint density at radius 1 is 1.11 bits per heavy atom. The highest BCUT2D eigenvalue weighted by Crippen LogP contribution is 2.43. The fourth-order valence-electron chi connectivity index (χ4n) is 3.47. The van der Waals surface area contributed by atoms with Crippen molar-refractivity contribution >= 4 is 23.6 Å². The summed E-state index contributed by atoms with van der Waals surface area (Å²) >= 11 is 1.41. The van der Waals surface area contributed by atoms with E-state index in [1.54, 1.807) is 7.05 Å². The first-order chi connectivity index (χ1) is 13.6. The summed E-state index contributed by atoms with van der Waals surface area (Å²) in [6.45, 7) is 1.85. The summed E-state index contributed by atoms with van der Waals surface area (Å²) in [7, 11) is 1.60. The van der Waals surface area contributed by atoms with E-state index in [1.165, 1.54) is 11.8 Å². The summed E-state index contributed by atoms with van der Waals surface area (Å²) in [6.07, 6.45) is -0.350. The van der Waals surface area contributed by atoms with Gasteiger partial charge in [-0.05, 0) is 42.3 Å². The normalized spacial score (nSPS) is 23.8. The molecular weight excluding hydrogens is 374 g/mol. The Hall–Kier alpha value is -2.77. The first kappa shape index (κ1) is 18.6. The molecular formula is C21H21N3O3S. The summed E-state index contributed by atoms with van der Waals surface area (Å²) in [5.41, 5.74) is 1.70. The maximum atomic E-state index is 12.7. The summed E-state index contributed by atoms with van der Waals surface area (Å²) < 4.78 is 5.90. The zero-order valence-electron chi connectivity index (χ0n) is 15.6. The van der Waals surface area contributed by atoms with Crippen LogP contribution in [0.15, 0.2) is 65.1 Å². The van der Waals surface area contributed by atoms with Gasteiger partial charge in [0.1, 0.15) is 17.7 Å². The Balaban J connectivity index is 1.52. The number of benzene rings is 2. The van der Waals surface area contributed by atoms with Gasteiger partial charge < -0.3 is 15.4 Å². The van der Waals surface area contributed by atoms with Gasteiger partial charge >= 0.3 is 0 Å². The van der Waals surface area contributed by atoms with Crippen LogP contribution in [0.5, 0.6) is 11.5 Å². The number of ether oxygens (including phenoxy) is 1. The van der Waals surface area contributed by atoms with E-state index in [9.17, 15) is 9.59 Å². The number of hydrogen-bond acceptors (Lipinski definition) is 5. The van der Waals surface area contributed by atoms with Crippen LogP contribution >= 0.6 is 11.8 Å². The number of rotatable bonds is 4. The van der Waals surface area contributed by atoms with Crippen LogP contribution in [0.2, 0.25) is 0 Å². The van der Waals surface area contributed by atoms with Crippen molar-refractivity contribution in [2.45, 2.75) is 18.5 Å². The van der Waals surface area contributed by atoms with Crippen molar-refractivity contribution in [1.82, 2.24) is 16.0 Å². The van der Waals surface area contributed by atoms with E-state index >= 15 is 0 Å². The quantitative estimate of drug-likeness (QED) is 0.742. The zero-order chi connectivity index (χ0) is 19.7.